The first-order chi connectivity index (χ1) is 15.0. The summed E-state index contributed by atoms with van der Waals surface area (Å²) in [6.07, 6.45) is 5.75. The highest BCUT2D eigenvalue weighted by molar-refractivity contribution is 5.82. The third kappa shape index (κ3) is 4.65. The van der Waals surface area contributed by atoms with Crippen LogP contribution in [0.15, 0.2) is 34.9 Å². The fraction of sp³-hybridized carbons (Fsp3) is 0.542. The van der Waals surface area contributed by atoms with E-state index < -0.39 is 5.41 Å². The fourth-order valence-electron chi connectivity index (χ4n) is 4.90. The Morgan fingerprint density at radius 1 is 1.23 bits per heavy atom. The number of nitrogens with zero attached hydrogens (tertiary/aromatic N) is 2. The minimum absolute atomic E-state index is 0.0772. The second-order valence-corrected chi connectivity index (χ2v) is 8.71. The van der Waals surface area contributed by atoms with Crippen LogP contribution in [0, 0.1) is 17.2 Å². The molecule has 31 heavy (non-hydrogen) atoms. The molecule has 1 atom stereocenters. The smallest absolute Gasteiger partial charge is 0.314 e. The standard InChI is InChI=1S/C24H29FN2O4/c1-2-30-23(29)24(12-5-13-27(16-24)22(28)18-6-3-4-7-18)15-20-14-21(26-31-20)17-8-10-19(25)11-9-17/h8-11,14,18H,2-7,12-13,15-16H2,1H3/t24-/m0/s1. The lowest BCUT2D eigenvalue weighted by molar-refractivity contribution is -0.161. The summed E-state index contributed by atoms with van der Waals surface area (Å²) in [6, 6.07) is 7.81. The maximum Gasteiger partial charge on any atom is 0.314 e. The molecule has 2 aliphatic rings. The van der Waals surface area contributed by atoms with Gasteiger partial charge in [-0.1, -0.05) is 18.0 Å². The van der Waals surface area contributed by atoms with Crippen LogP contribution in [0.3, 0.4) is 0 Å². The summed E-state index contributed by atoms with van der Waals surface area (Å²) in [5.74, 6) is 0.188. The van der Waals surface area contributed by atoms with Gasteiger partial charge in [-0.3, -0.25) is 9.59 Å². The number of carbonyl (C=O) groups excluding carboxylic acids is 2. The number of piperidine rings is 1. The number of esters is 1. The van der Waals surface area contributed by atoms with Gasteiger partial charge in [0.25, 0.3) is 0 Å². The van der Waals surface area contributed by atoms with Gasteiger partial charge in [0.05, 0.1) is 12.0 Å². The Morgan fingerprint density at radius 3 is 2.68 bits per heavy atom. The van der Waals surface area contributed by atoms with Crippen LogP contribution in [-0.4, -0.2) is 41.6 Å². The summed E-state index contributed by atoms with van der Waals surface area (Å²) < 4.78 is 24.2. The summed E-state index contributed by atoms with van der Waals surface area (Å²) >= 11 is 0. The molecule has 1 saturated heterocycles. The largest absolute Gasteiger partial charge is 0.466 e. The van der Waals surface area contributed by atoms with Crippen LogP contribution < -0.4 is 0 Å². The van der Waals surface area contributed by atoms with Crippen molar-refractivity contribution in [3.05, 3.63) is 41.9 Å². The molecular weight excluding hydrogens is 399 g/mol. The lowest BCUT2D eigenvalue weighted by Gasteiger charge is -2.41. The average Bonchev–Trinajstić information content (AvgIpc) is 3.47. The SMILES string of the molecule is CCOC(=O)[C@]1(Cc2cc(-c3ccc(F)cc3)no2)CCCN(C(=O)C2CCCC2)C1. The Morgan fingerprint density at radius 2 is 1.97 bits per heavy atom. The number of hydrogen-bond donors (Lipinski definition) is 0. The van der Waals surface area contributed by atoms with Crippen LogP contribution >= 0.6 is 0 Å². The number of benzene rings is 1. The van der Waals surface area contributed by atoms with Gasteiger partial charge in [-0.25, -0.2) is 4.39 Å². The van der Waals surface area contributed by atoms with Crippen molar-refractivity contribution in [2.75, 3.05) is 19.7 Å². The van der Waals surface area contributed by atoms with Crippen molar-refractivity contribution in [1.82, 2.24) is 10.1 Å². The lowest BCUT2D eigenvalue weighted by Crippen LogP contribution is -2.52. The van der Waals surface area contributed by atoms with Gasteiger partial charge in [-0.05, 0) is 56.9 Å². The topological polar surface area (TPSA) is 72.6 Å². The highest BCUT2D eigenvalue weighted by Gasteiger charge is 2.46. The van der Waals surface area contributed by atoms with Crippen LogP contribution in [0.25, 0.3) is 11.3 Å². The normalized spacial score (nSPS) is 21.9. The zero-order chi connectivity index (χ0) is 21.8. The van der Waals surface area contributed by atoms with E-state index in [0.717, 1.165) is 37.7 Å². The number of rotatable bonds is 6. The third-order valence-electron chi connectivity index (χ3n) is 6.51. The maximum absolute atomic E-state index is 13.2. The Hall–Kier alpha value is -2.70. The van der Waals surface area contributed by atoms with E-state index in [0.29, 0.717) is 37.4 Å². The number of carbonyl (C=O) groups is 2. The Kier molecular flexibility index (Phi) is 6.39. The molecule has 1 aliphatic heterocycles. The predicted octanol–water partition coefficient (Wildman–Crippen LogP) is 4.39. The number of halogens is 1. The van der Waals surface area contributed by atoms with Gasteiger partial charge in [0.15, 0.2) is 0 Å². The van der Waals surface area contributed by atoms with Gasteiger partial charge in [0.1, 0.15) is 17.3 Å². The molecule has 2 aromatic rings. The molecule has 0 N–H and O–H groups in total. The van der Waals surface area contributed by atoms with E-state index in [4.69, 9.17) is 9.26 Å². The van der Waals surface area contributed by atoms with Gasteiger partial charge >= 0.3 is 5.97 Å². The highest BCUT2D eigenvalue weighted by Crippen LogP contribution is 2.38. The molecule has 1 aromatic carbocycles. The van der Waals surface area contributed by atoms with Crippen molar-refractivity contribution in [3.8, 4) is 11.3 Å². The van der Waals surface area contributed by atoms with Crippen molar-refractivity contribution in [3.63, 3.8) is 0 Å². The molecule has 0 unspecified atom stereocenters. The number of likely N-dealkylation sites (tertiary alicyclic amines) is 1. The zero-order valence-electron chi connectivity index (χ0n) is 17.9. The fourth-order valence-corrected chi connectivity index (χ4v) is 4.90. The summed E-state index contributed by atoms with van der Waals surface area (Å²) in [5.41, 5.74) is 0.481. The molecule has 7 heteroatoms. The van der Waals surface area contributed by atoms with Crippen LogP contribution in [0.4, 0.5) is 4.39 Å². The Balaban J connectivity index is 1.55. The van der Waals surface area contributed by atoms with Crippen molar-refractivity contribution in [1.29, 1.82) is 0 Å². The van der Waals surface area contributed by atoms with Gasteiger partial charge < -0.3 is 14.2 Å². The summed E-state index contributed by atoms with van der Waals surface area (Å²) in [4.78, 5) is 28.0. The molecule has 0 radical (unpaired) electrons. The molecule has 1 saturated carbocycles. The van der Waals surface area contributed by atoms with Crippen molar-refractivity contribution < 1.29 is 23.2 Å². The van der Waals surface area contributed by atoms with Crippen LogP contribution in [0.1, 0.15) is 51.2 Å². The molecule has 1 aliphatic carbocycles. The molecule has 1 aromatic heterocycles. The minimum atomic E-state index is -0.845. The molecule has 4 rings (SSSR count). The summed E-state index contributed by atoms with van der Waals surface area (Å²) in [7, 11) is 0. The van der Waals surface area contributed by atoms with Crippen LogP contribution in [0.2, 0.25) is 0 Å². The first kappa shape index (κ1) is 21.5. The lowest BCUT2D eigenvalue weighted by atomic mass is 9.76. The van der Waals surface area contributed by atoms with Crippen molar-refractivity contribution in [2.24, 2.45) is 11.3 Å². The number of amides is 1. The second kappa shape index (κ2) is 9.20. The average molecular weight is 429 g/mol. The van der Waals surface area contributed by atoms with Gasteiger partial charge in [0.2, 0.25) is 5.91 Å². The maximum atomic E-state index is 13.2. The van der Waals surface area contributed by atoms with Crippen molar-refractivity contribution in [2.45, 2.75) is 51.9 Å². The molecule has 166 valence electrons. The van der Waals surface area contributed by atoms with Gasteiger partial charge in [-0.2, -0.15) is 0 Å². The van der Waals surface area contributed by atoms with Crippen molar-refractivity contribution >= 4 is 11.9 Å². The van der Waals surface area contributed by atoms with Crippen LogP contribution in [0.5, 0.6) is 0 Å². The van der Waals surface area contributed by atoms with Gasteiger partial charge in [0, 0.05) is 37.1 Å². The zero-order valence-corrected chi connectivity index (χ0v) is 17.9. The molecule has 0 bridgehead atoms. The van der Waals surface area contributed by atoms with E-state index >= 15 is 0 Å². The summed E-state index contributed by atoms with van der Waals surface area (Å²) in [6.45, 7) is 3.09. The quantitative estimate of drug-likeness (QED) is 0.638. The minimum Gasteiger partial charge on any atom is -0.466 e. The Labute approximate surface area is 181 Å². The number of ether oxygens (including phenoxy) is 1. The summed E-state index contributed by atoms with van der Waals surface area (Å²) in [5, 5.41) is 4.11. The first-order valence-electron chi connectivity index (χ1n) is 11.2. The Bertz CT molecular complexity index is 920. The van der Waals surface area contributed by atoms with E-state index in [-0.39, 0.29) is 30.2 Å². The monoisotopic (exact) mass is 428 g/mol. The highest BCUT2D eigenvalue weighted by atomic mass is 19.1. The van der Waals surface area contributed by atoms with E-state index in [9.17, 15) is 14.0 Å². The van der Waals surface area contributed by atoms with E-state index in [2.05, 4.69) is 5.16 Å². The van der Waals surface area contributed by atoms with E-state index in [1.807, 2.05) is 4.90 Å². The second-order valence-electron chi connectivity index (χ2n) is 8.71. The van der Waals surface area contributed by atoms with Gasteiger partial charge in [-0.15, -0.1) is 0 Å². The third-order valence-corrected chi connectivity index (χ3v) is 6.51. The first-order valence-corrected chi connectivity index (χ1v) is 11.2. The molecule has 0 spiro atoms. The molecule has 2 fully saturated rings. The number of hydrogen-bond acceptors (Lipinski definition) is 5. The number of aromatic nitrogens is 1. The molecule has 6 nitrogen and oxygen atoms in total. The van der Waals surface area contributed by atoms with E-state index in [1.165, 1.54) is 12.1 Å². The van der Waals surface area contributed by atoms with E-state index in [1.54, 1.807) is 25.1 Å². The molecular formula is C24H29FN2O4. The molecule has 1 amide bonds. The molecule has 2 heterocycles. The predicted molar refractivity (Wildman–Crippen MR) is 112 cm³/mol. The van der Waals surface area contributed by atoms with Crippen LogP contribution in [-0.2, 0) is 20.7 Å².